The van der Waals surface area contributed by atoms with Gasteiger partial charge in [0.2, 0.25) is 0 Å². The molecule has 2 aromatic carbocycles. The highest BCUT2D eigenvalue weighted by molar-refractivity contribution is 7.99. The summed E-state index contributed by atoms with van der Waals surface area (Å²) in [5.74, 6) is -0.557. The second kappa shape index (κ2) is 8.72. The minimum absolute atomic E-state index is 0.0278. The van der Waals surface area contributed by atoms with E-state index in [1.165, 1.54) is 16.7 Å². The number of hydrogen-bond acceptors (Lipinski definition) is 5. The first-order valence-corrected chi connectivity index (χ1v) is 11.2. The number of pyridine rings is 1. The van der Waals surface area contributed by atoms with Crippen molar-refractivity contribution in [2.24, 2.45) is 0 Å². The number of benzene rings is 2. The first kappa shape index (κ1) is 23.7. The number of halogens is 3. The Morgan fingerprint density at radius 1 is 1.00 bits per heavy atom. The standard InChI is InChI=1S/C25H20F3NO4S/c1-13(2)29-19(15-7-5-4-6-8-15)14(3)21-18(23(29)31)20(30)22(24(32)33-21)34-17-11-9-16(10-12-17)25(26,27)28/h4-13,30H,1-3H3. The van der Waals surface area contributed by atoms with Crippen LogP contribution in [0.15, 0.2) is 78.4 Å². The summed E-state index contributed by atoms with van der Waals surface area (Å²) in [7, 11) is 0. The van der Waals surface area contributed by atoms with E-state index in [9.17, 15) is 27.9 Å². The lowest BCUT2D eigenvalue weighted by atomic mass is 10.0. The van der Waals surface area contributed by atoms with Crippen LogP contribution in [-0.2, 0) is 6.18 Å². The quantitative estimate of drug-likeness (QED) is 0.361. The van der Waals surface area contributed by atoms with Gasteiger partial charge >= 0.3 is 11.8 Å². The van der Waals surface area contributed by atoms with Gasteiger partial charge in [0, 0.05) is 16.5 Å². The zero-order chi connectivity index (χ0) is 24.8. The summed E-state index contributed by atoms with van der Waals surface area (Å²) in [6.07, 6.45) is -4.50. The zero-order valence-corrected chi connectivity index (χ0v) is 19.3. The van der Waals surface area contributed by atoms with Gasteiger partial charge in [-0.05, 0) is 50.6 Å². The molecule has 2 heterocycles. The lowest BCUT2D eigenvalue weighted by molar-refractivity contribution is -0.137. The summed E-state index contributed by atoms with van der Waals surface area (Å²) in [4.78, 5) is 26.3. The summed E-state index contributed by atoms with van der Waals surface area (Å²) < 4.78 is 45.6. The van der Waals surface area contributed by atoms with Crippen LogP contribution < -0.4 is 11.2 Å². The van der Waals surface area contributed by atoms with Gasteiger partial charge in [-0.25, -0.2) is 4.79 Å². The minimum Gasteiger partial charge on any atom is -0.505 e. The number of nitrogens with zero attached hydrogens (tertiary/aromatic N) is 1. The van der Waals surface area contributed by atoms with Crippen molar-refractivity contribution in [2.45, 2.75) is 42.8 Å². The van der Waals surface area contributed by atoms with Crippen LogP contribution in [0.4, 0.5) is 13.2 Å². The average Bonchev–Trinajstić information content (AvgIpc) is 2.78. The van der Waals surface area contributed by atoms with Crippen LogP contribution >= 0.6 is 11.8 Å². The molecule has 0 saturated carbocycles. The van der Waals surface area contributed by atoms with E-state index < -0.39 is 28.7 Å². The van der Waals surface area contributed by atoms with Crippen molar-refractivity contribution >= 4 is 22.7 Å². The maximum Gasteiger partial charge on any atom is 0.416 e. The zero-order valence-electron chi connectivity index (χ0n) is 18.4. The van der Waals surface area contributed by atoms with Crippen LogP contribution in [0.2, 0.25) is 0 Å². The molecule has 0 spiro atoms. The lowest BCUT2D eigenvalue weighted by Gasteiger charge is -2.21. The summed E-state index contributed by atoms with van der Waals surface area (Å²) in [5, 5.41) is 10.8. The minimum atomic E-state index is -4.50. The number of rotatable bonds is 4. The molecule has 2 aromatic heterocycles. The Morgan fingerprint density at radius 2 is 1.62 bits per heavy atom. The second-order valence-electron chi connectivity index (χ2n) is 8.00. The molecule has 0 fully saturated rings. The van der Waals surface area contributed by atoms with Crippen molar-refractivity contribution in [3.05, 3.63) is 86.5 Å². The molecular formula is C25H20F3NO4S. The van der Waals surface area contributed by atoms with Gasteiger partial charge in [0.25, 0.3) is 5.56 Å². The average molecular weight is 487 g/mol. The predicted molar refractivity (Wildman–Crippen MR) is 125 cm³/mol. The van der Waals surface area contributed by atoms with Crippen LogP contribution in [0.25, 0.3) is 22.2 Å². The lowest BCUT2D eigenvalue weighted by Crippen LogP contribution is -2.26. The third-order valence-corrected chi connectivity index (χ3v) is 6.47. The van der Waals surface area contributed by atoms with E-state index in [4.69, 9.17) is 4.42 Å². The van der Waals surface area contributed by atoms with Crippen molar-refractivity contribution in [2.75, 3.05) is 0 Å². The van der Waals surface area contributed by atoms with Crippen LogP contribution in [0.5, 0.6) is 5.75 Å². The highest BCUT2D eigenvalue weighted by Crippen LogP contribution is 2.39. The van der Waals surface area contributed by atoms with Gasteiger partial charge in [-0.15, -0.1) is 0 Å². The second-order valence-corrected chi connectivity index (χ2v) is 9.09. The maximum absolute atomic E-state index is 13.5. The molecule has 0 atom stereocenters. The van der Waals surface area contributed by atoms with Crippen LogP contribution in [0.3, 0.4) is 0 Å². The molecule has 0 aliphatic rings. The van der Waals surface area contributed by atoms with Gasteiger partial charge in [0.15, 0.2) is 11.3 Å². The molecule has 0 bridgehead atoms. The summed E-state index contributed by atoms with van der Waals surface area (Å²) in [5.41, 5.74) is -0.468. The molecule has 0 saturated heterocycles. The molecule has 4 aromatic rings. The van der Waals surface area contributed by atoms with Gasteiger partial charge in [-0.3, -0.25) is 4.79 Å². The Bertz CT molecular complexity index is 1490. The molecule has 176 valence electrons. The first-order chi connectivity index (χ1) is 16.0. The van der Waals surface area contributed by atoms with Crippen molar-refractivity contribution < 1.29 is 22.7 Å². The Balaban J connectivity index is 1.94. The Kier molecular flexibility index (Phi) is 6.07. The van der Waals surface area contributed by atoms with E-state index in [2.05, 4.69) is 0 Å². The van der Waals surface area contributed by atoms with Crippen molar-refractivity contribution in [1.82, 2.24) is 4.57 Å². The maximum atomic E-state index is 13.5. The van der Waals surface area contributed by atoms with Gasteiger partial charge < -0.3 is 14.1 Å². The summed E-state index contributed by atoms with van der Waals surface area (Å²) in [6, 6.07) is 13.0. The smallest absolute Gasteiger partial charge is 0.416 e. The molecule has 0 aliphatic heterocycles. The van der Waals surface area contributed by atoms with Gasteiger partial charge in [0.1, 0.15) is 10.3 Å². The van der Waals surface area contributed by atoms with Crippen molar-refractivity contribution in [1.29, 1.82) is 0 Å². The molecule has 0 aliphatic carbocycles. The number of hydrogen-bond donors (Lipinski definition) is 1. The fourth-order valence-corrected chi connectivity index (χ4v) is 4.68. The van der Waals surface area contributed by atoms with E-state index >= 15 is 0 Å². The molecule has 5 nitrogen and oxygen atoms in total. The number of alkyl halides is 3. The van der Waals surface area contributed by atoms with Crippen LogP contribution in [0.1, 0.15) is 31.0 Å². The Labute approximate surface area is 196 Å². The monoisotopic (exact) mass is 487 g/mol. The van der Waals surface area contributed by atoms with E-state index in [1.54, 1.807) is 6.92 Å². The Morgan fingerprint density at radius 3 is 2.18 bits per heavy atom. The molecule has 0 radical (unpaired) electrons. The fraction of sp³-hybridized carbons (Fsp3) is 0.200. The van der Waals surface area contributed by atoms with Crippen LogP contribution in [-0.4, -0.2) is 9.67 Å². The topological polar surface area (TPSA) is 72.4 Å². The van der Waals surface area contributed by atoms with Gasteiger partial charge in [0.05, 0.1) is 11.3 Å². The molecule has 9 heteroatoms. The van der Waals surface area contributed by atoms with Crippen LogP contribution in [0, 0.1) is 6.92 Å². The third-order valence-electron chi connectivity index (χ3n) is 5.39. The molecule has 4 rings (SSSR count). The molecule has 1 N–H and O–H groups in total. The van der Waals surface area contributed by atoms with E-state index in [0.29, 0.717) is 11.3 Å². The third kappa shape index (κ3) is 4.11. The number of aromatic nitrogens is 1. The number of fused-ring (bicyclic) bond motifs is 1. The number of aryl methyl sites for hydroxylation is 1. The summed E-state index contributed by atoms with van der Waals surface area (Å²) in [6.45, 7) is 5.36. The van der Waals surface area contributed by atoms with Gasteiger partial charge in [-0.2, -0.15) is 13.2 Å². The largest absolute Gasteiger partial charge is 0.505 e. The highest BCUT2D eigenvalue weighted by Gasteiger charge is 2.30. The van der Waals surface area contributed by atoms with E-state index in [0.717, 1.165) is 29.5 Å². The number of aromatic hydroxyl groups is 1. The van der Waals surface area contributed by atoms with Crippen molar-refractivity contribution in [3.8, 4) is 17.0 Å². The highest BCUT2D eigenvalue weighted by atomic mass is 32.2. The Hall–Kier alpha value is -3.46. The first-order valence-electron chi connectivity index (χ1n) is 10.4. The molecule has 0 amide bonds. The normalized spacial score (nSPS) is 12.0. The molecule has 0 unspecified atom stereocenters. The summed E-state index contributed by atoms with van der Waals surface area (Å²) >= 11 is 0.733. The SMILES string of the molecule is Cc1c(-c2ccccc2)n(C(C)C)c(=O)c2c(O)c(Sc3ccc(C(F)(F)F)cc3)c(=O)oc12. The fourth-order valence-electron chi connectivity index (χ4n) is 3.84. The van der Waals surface area contributed by atoms with E-state index in [-0.39, 0.29) is 26.8 Å². The predicted octanol–water partition coefficient (Wildman–Crippen LogP) is 6.39. The van der Waals surface area contributed by atoms with E-state index in [1.807, 2.05) is 44.2 Å². The van der Waals surface area contributed by atoms with Gasteiger partial charge in [-0.1, -0.05) is 42.1 Å². The van der Waals surface area contributed by atoms with Crippen molar-refractivity contribution in [3.63, 3.8) is 0 Å². The molecule has 34 heavy (non-hydrogen) atoms. The molecular weight excluding hydrogens is 467 g/mol.